The zero-order valence-corrected chi connectivity index (χ0v) is 10.5. The second-order valence-corrected chi connectivity index (χ2v) is 2.15. The number of fused-ring (bicyclic) bond motifs is 1. The van der Waals surface area contributed by atoms with Crippen molar-refractivity contribution in [2.75, 3.05) is 0 Å². The summed E-state index contributed by atoms with van der Waals surface area (Å²) >= 11 is 0. The number of hydrogen-bond donors (Lipinski definition) is 0. The largest absolute Gasteiger partial charge is 0.168 e. The van der Waals surface area contributed by atoms with E-state index in [1.807, 2.05) is 0 Å². The van der Waals surface area contributed by atoms with Crippen molar-refractivity contribution in [1.29, 1.82) is 0 Å². The molecule has 0 nitrogen and oxygen atoms in total. The first kappa shape index (κ1) is 11.3. The zero-order valence-electron chi connectivity index (χ0n) is 6.04. The minimum atomic E-state index is 0. The molecule has 52 valence electrons. The summed E-state index contributed by atoms with van der Waals surface area (Å²) in [6.45, 7) is 0. The van der Waals surface area contributed by atoms with E-state index < -0.39 is 0 Å². The van der Waals surface area contributed by atoms with Crippen molar-refractivity contribution >= 4 is 34.7 Å². The predicted molar refractivity (Wildman–Crippen MR) is 45.3 cm³/mol. The maximum Gasteiger partial charge on any atom is 0 e. The summed E-state index contributed by atoms with van der Waals surface area (Å²) in [5.74, 6) is 0. The first-order valence-corrected chi connectivity index (χ1v) is 3.07. The van der Waals surface area contributed by atoms with Gasteiger partial charge >= 0.3 is 0 Å². The summed E-state index contributed by atoms with van der Waals surface area (Å²) in [5, 5.41) is 2.66. The molecular weight excluding hydrogens is 275 g/mol. The summed E-state index contributed by atoms with van der Waals surface area (Å²) in [5.41, 5.74) is 0. The molecule has 0 aromatic heterocycles. The van der Waals surface area contributed by atoms with Gasteiger partial charge in [-0.15, -0.1) is 29.7 Å². The van der Waals surface area contributed by atoms with E-state index in [1.165, 1.54) is 10.8 Å². The van der Waals surface area contributed by atoms with Gasteiger partial charge < -0.3 is 0 Å². The van der Waals surface area contributed by atoms with Crippen molar-refractivity contribution in [3.05, 3.63) is 42.5 Å². The third-order valence-corrected chi connectivity index (χ3v) is 1.55. The van der Waals surface area contributed by atoms with E-state index >= 15 is 0 Å². The fourth-order valence-corrected chi connectivity index (χ4v) is 1.07. The molecule has 0 saturated carbocycles. The molecular formula is C9H7SnTi-. The van der Waals surface area contributed by atoms with Gasteiger partial charge in [0.25, 0.3) is 0 Å². The topological polar surface area (TPSA) is 0 Å². The van der Waals surface area contributed by atoms with Gasteiger partial charge in [0.15, 0.2) is 0 Å². The van der Waals surface area contributed by atoms with E-state index in [9.17, 15) is 0 Å². The van der Waals surface area contributed by atoms with Crippen molar-refractivity contribution in [2.45, 2.75) is 0 Å². The smallest absolute Gasteiger partial charge is 0 e. The van der Waals surface area contributed by atoms with Crippen LogP contribution < -0.4 is 0 Å². The van der Waals surface area contributed by atoms with E-state index in [0.717, 1.165) is 0 Å². The van der Waals surface area contributed by atoms with Crippen molar-refractivity contribution < 1.29 is 21.7 Å². The fourth-order valence-electron chi connectivity index (χ4n) is 1.07. The molecule has 0 amide bonds. The van der Waals surface area contributed by atoms with Gasteiger partial charge in [0.1, 0.15) is 0 Å². The minimum Gasteiger partial charge on any atom is -0.168 e. The Morgan fingerprint density at radius 2 is 1.73 bits per heavy atom. The Kier molecular flexibility index (Phi) is 5.23. The standard InChI is InChI=1S/C9H7.Sn.Ti/c1-2-5-9-7-3-6-8(9)4-1;;/h1-7H;;/q-1;;. The second kappa shape index (κ2) is 5.07. The van der Waals surface area contributed by atoms with Crippen molar-refractivity contribution in [1.82, 2.24) is 0 Å². The third kappa shape index (κ3) is 2.39. The summed E-state index contributed by atoms with van der Waals surface area (Å²) < 4.78 is 0. The Morgan fingerprint density at radius 3 is 2.45 bits per heavy atom. The molecule has 11 heavy (non-hydrogen) atoms. The quantitative estimate of drug-likeness (QED) is 0.513. The monoisotopic (exact) mass is 283 g/mol. The van der Waals surface area contributed by atoms with E-state index in [4.69, 9.17) is 0 Å². The second-order valence-electron chi connectivity index (χ2n) is 2.15. The molecule has 2 heteroatoms. The van der Waals surface area contributed by atoms with Crippen LogP contribution in [0.5, 0.6) is 0 Å². The summed E-state index contributed by atoms with van der Waals surface area (Å²) in [4.78, 5) is 0. The van der Waals surface area contributed by atoms with Crippen LogP contribution in [0.3, 0.4) is 0 Å². The molecule has 0 aliphatic heterocycles. The average Bonchev–Trinajstić information content (AvgIpc) is 2.33. The molecule has 4 radical (unpaired) electrons. The Bertz CT molecular complexity index is 284. The van der Waals surface area contributed by atoms with Crippen LogP contribution in [0.4, 0.5) is 0 Å². The maximum atomic E-state index is 2.12. The van der Waals surface area contributed by atoms with Gasteiger partial charge in [0.05, 0.1) is 0 Å². The summed E-state index contributed by atoms with van der Waals surface area (Å²) in [6.07, 6.45) is 0. The predicted octanol–water partition coefficient (Wildman–Crippen LogP) is 2.18. The Balaban J connectivity index is 0.000000500. The Hall–Kier alpha value is 0.343. The van der Waals surface area contributed by atoms with Crippen LogP contribution in [-0.4, -0.2) is 23.9 Å². The van der Waals surface area contributed by atoms with Crippen LogP contribution in [0.1, 0.15) is 0 Å². The first-order chi connectivity index (χ1) is 4.47. The van der Waals surface area contributed by atoms with Gasteiger partial charge in [-0.1, -0.05) is 6.07 Å². The van der Waals surface area contributed by atoms with Crippen molar-refractivity contribution in [3.8, 4) is 0 Å². The van der Waals surface area contributed by atoms with Gasteiger partial charge in [-0.25, -0.2) is 0 Å². The van der Waals surface area contributed by atoms with Crippen LogP contribution in [-0.2, 0) is 21.7 Å². The van der Waals surface area contributed by atoms with Gasteiger partial charge in [0, 0.05) is 45.6 Å². The molecule has 0 bridgehead atoms. The molecule has 0 spiro atoms. The molecule has 0 N–H and O–H groups in total. The summed E-state index contributed by atoms with van der Waals surface area (Å²) in [6, 6.07) is 14.7. The number of rotatable bonds is 0. The molecule has 2 aromatic carbocycles. The minimum absolute atomic E-state index is 0. The van der Waals surface area contributed by atoms with Crippen molar-refractivity contribution in [2.24, 2.45) is 0 Å². The van der Waals surface area contributed by atoms with Gasteiger partial charge in [-0.3, -0.25) is 0 Å². The van der Waals surface area contributed by atoms with Crippen LogP contribution in [0.15, 0.2) is 42.5 Å². The number of benzene rings is 1. The molecule has 0 fully saturated rings. The van der Waals surface area contributed by atoms with E-state index in [0.29, 0.717) is 0 Å². The maximum absolute atomic E-state index is 2.12. The van der Waals surface area contributed by atoms with Crippen LogP contribution in [0.25, 0.3) is 10.8 Å². The van der Waals surface area contributed by atoms with Crippen molar-refractivity contribution in [3.63, 3.8) is 0 Å². The average molecular weight is 282 g/mol. The molecule has 2 aromatic rings. The van der Waals surface area contributed by atoms with Gasteiger partial charge in [0.2, 0.25) is 0 Å². The van der Waals surface area contributed by atoms with E-state index in [1.54, 1.807) is 0 Å². The normalized spacial score (nSPS) is 8.36. The Morgan fingerprint density at radius 1 is 1.00 bits per heavy atom. The van der Waals surface area contributed by atoms with Crippen LogP contribution in [0, 0.1) is 0 Å². The molecule has 0 heterocycles. The molecule has 2 rings (SSSR count). The molecule has 0 aliphatic carbocycles. The Labute approximate surface area is 98.2 Å². The van der Waals surface area contributed by atoms with Gasteiger partial charge in [-0.2, -0.15) is 17.5 Å². The first-order valence-electron chi connectivity index (χ1n) is 3.07. The van der Waals surface area contributed by atoms with Crippen LogP contribution >= 0.6 is 0 Å². The van der Waals surface area contributed by atoms with E-state index in [-0.39, 0.29) is 45.6 Å². The summed E-state index contributed by atoms with van der Waals surface area (Å²) in [7, 11) is 0. The SMILES string of the molecule is [Sn].[Ti].c1ccc2[cH-]ccc2c1. The molecule has 0 aliphatic rings. The van der Waals surface area contributed by atoms with Crippen LogP contribution in [0.2, 0.25) is 0 Å². The third-order valence-electron chi connectivity index (χ3n) is 1.55. The van der Waals surface area contributed by atoms with Gasteiger partial charge in [-0.05, 0) is 0 Å². The molecule has 0 unspecified atom stereocenters. The zero-order chi connectivity index (χ0) is 6.10. The molecule has 0 saturated heterocycles. The van der Waals surface area contributed by atoms with E-state index in [2.05, 4.69) is 42.5 Å². The molecule has 0 atom stereocenters. The number of hydrogen-bond acceptors (Lipinski definition) is 0. The fraction of sp³-hybridized carbons (Fsp3) is 0.